The van der Waals surface area contributed by atoms with Gasteiger partial charge in [0.15, 0.2) is 11.5 Å². The minimum atomic E-state index is -0.0732. The molecule has 0 radical (unpaired) electrons. The van der Waals surface area contributed by atoms with Crippen LogP contribution in [0.1, 0.15) is 37.1 Å². The highest BCUT2D eigenvalue weighted by Gasteiger charge is 2.31. The SMILES string of the molecule is CCn1nccc1C1NC(=O)CCC1NCc1ccc2c(c1)OCCO2. The first-order valence-corrected chi connectivity index (χ1v) is 9.17. The third-order valence-corrected chi connectivity index (χ3v) is 4.94. The summed E-state index contributed by atoms with van der Waals surface area (Å²) in [5.74, 6) is 1.69. The summed E-state index contributed by atoms with van der Waals surface area (Å²) in [4.78, 5) is 11.9. The lowest BCUT2D eigenvalue weighted by molar-refractivity contribution is -0.124. The molecular weight excluding hydrogens is 332 g/mol. The van der Waals surface area contributed by atoms with Crippen molar-refractivity contribution >= 4 is 5.91 Å². The van der Waals surface area contributed by atoms with Crippen molar-refractivity contribution in [3.8, 4) is 11.5 Å². The maximum atomic E-state index is 11.9. The quantitative estimate of drug-likeness (QED) is 0.854. The molecule has 4 rings (SSSR count). The third-order valence-electron chi connectivity index (χ3n) is 4.94. The number of aromatic nitrogens is 2. The van der Waals surface area contributed by atoms with Crippen LogP contribution < -0.4 is 20.1 Å². The van der Waals surface area contributed by atoms with Gasteiger partial charge in [-0.05, 0) is 37.1 Å². The van der Waals surface area contributed by atoms with Crippen LogP contribution in [0.3, 0.4) is 0 Å². The molecule has 2 aliphatic heterocycles. The Hall–Kier alpha value is -2.54. The van der Waals surface area contributed by atoms with Crippen LogP contribution in [0, 0.1) is 0 Å². The molecule has 0 aliphatic carbocycles. The van der Waals surface area contributed by atoms with Crippen molar-refractivity contribution < 1.29 is 14.3 Å². The van der Waals surface area contributed by atoms with E-state index in [1.54, 1.807) is 6.20 Å². The van der Waals surface area contributed by atoms with Crippen LogP contribution in [0.2, 0.25) is 0 Å². The van der Waals surface area contributed by atoms with Crippen LogP contribution in [0.4, 0.5) is 0 Å². The number of hydrogen-bond acceptors (Lipinski definition) is 5. The van der Waals surface area contributed by atoms with Crippen molar-refractivity contribution in [2.24, 2.45) is 0 Å². The molecule has 0 saturated carbocycles. The van der Waals surface area contributed by atoms with Crippen molar-refractivity contribution in [1.82, 2.24) is 20.4 Å². The number of fused-ring (bicyclic) bond motifs is 1. The fraction of sp³-hybridized carbons (Fsp3) is 0.474. The highest BCUT2D eigenvalue weighted by Crippen LogP contribution is 2.31. The molecule has 1 saturated heterocycles. The van der Waals surface area contributed by atoms with Crippen molar-refractivity contribution in [1.29, 1.82) is 0 Å². The van der Waals surface area contributed by atoms with Gasteiger partial charge in [-0.25, -0.2) is 0 Å². The average molecular weight is 356 g/mol. The molecule has 1 aromatic carbocycles. The van der Waals surface area contributed by atoms with E-state index >= 15 is 0 Å². The molecular formula is C19H24N4O3. The highest BCUT2D eigenvalue weighted by atomic mass is 16.6. The molecule has 2 aliphatic rings. The van der Waals surface area contributed by atoms with E-state index < -0.39 is 0 Å². The number of benzene rings is 1. The lowest BCUT2D eigenvalue weighted by Gasteiger charge is -2.33. The van der Waals surface area contributed by atoms with Crippen molar-refractivity contribution in [2.45, 2.75) is 44.9 Å². The van der Waals surface area contributed by atoms with E-state index in [-0.39, 0.29) is 18.0 Å². The Kier molecular flexibility index (Phi) is 4.79. The van der Waals surface area contributed by atoms with E-state index in [1.165, 1.54) is 0 Å². The number of aryl methyl sites for hydroxylation is 1. The molecule has 0 spiro atoms. The first-order valence-electron chi connectivity index (χ1n) is 9.17. The number of ether oxygens (including phenoxy) is 2. The first-order chi connectivity index (χ1) is 12.7. The molecule has 26 heavy (non-hydrogen) atoms. The maximum absolute atomic E-state index is 11.9. The molecule has 1 aromatic heterocycles. The third kappa shape index (κ3) is 3.39. The molecule has 2 aromatic rings. The minimum absolute atomic E-state index is 0.0732. The molecule has 3 heterocycles. The summed E-state index contributed by atoms with van der Waals surface area (Å²) in [7, 11) is 0. The van der Waals surface area contributed by atoms with Gasteiger partial charge in [-0.15, -0.1) is 0 Å². The predicted octanol–water partition coefficient (Wildman–Crippen LogP) is 1.78. The second-order valence-corrected chi connectivity index (χ2v) is 6.62. The number of carbonyl (C=O) groups excluding carboxylic acids is 1. The Morgan fingerprint density at radius 2 is 2.12 bits per heavy atom. The summed E-state index contributed by atoms with van der Waals surface area (Å²) in [6, 6.07) is 8.09. The van der Waals surface area contributed by atoms with Gasteiger partial charge in [-0.3, -0.25) is 9.48 Å². The van der Waals surface area contributed by atoms with Crippen LogP contribution >= 0.6 is 0 Å². The second kappa shape index (κ2) is 7.37. The second-order valence-electron chi connectivity index (χ2n) is 6.62. The summed E-state index contributed by atoms with van der Waals surface area (Å²) in [6.45, 7) is 4.72. The zero-order chi connectivity index (χ0) is 17.9. The molecule has 1 fully saturated rings. The summed E-state index contributed by atoms with van der Waals surface area (Å²) < 4.78 is 13.2. The van der Waals surface area contributed by atoms with Crippen molar-refractivity contribution in [3.05, 3.63) is 41.7 Å². The Balaban J connectivity index is 1.48. The lowest BCUT2D eigenvalue weighted by Crippen LogP contribution is -2.48. The van der Waals surface area contributed by atoms with E-state index in [0.717, 1.165) is 35.7 Å². The van der Waals surface area contributed by atoms with Gasteiger partial charge in [0, 0.05) is 31.7 Å². The summed E-state index contributed by atoms with van der Waals surface area (Å²) in [6.07, 6.45) is 3.13. The van der Waals surface area contributed by atoms with Crippen LogP contribution in [0.15, 0.2) is 30.5 Å². The first kappa shape index (κ1) is 16.9. The largest absolute Gasteiger partial charge is 0.486 e. The fourth-order valence-corrected chi connectivity index (χ4v) is 3.62. The number of nitrogens with zero attached hydrogens (tertiary/aromatic N) is 2. The number of nitrogens with one attached hydrogen (secondary N) is 2. The number of hydrogen-bond donors (Lipinski definition) is 2. The van der Waals surface area contributed by atoms with E-state index in [2.05, 4.69) is 22.7 Å². The Morgan fingerprint density at radius 3 is 2.96 bits per heavy atom. The molecule has 7 nitrogen and oxygen atoms in total. The van der Waals surface area contributed by atoms with Gasteiger partial charge < -0.3 is 20.1 Å². The lowest BCUT2D eigenvalue weighted by atomic mass is 9.95. The van der Waals surface area contributed by atoms with Gasteiger partial charge in [-0.1, -0.05) is 6.07 Å². The van der Waals surface area contributed by atoms with Gasteiger partial charge in [0.25, 0.3) is 0 Å². The van der Waals surface area contributed by atoms with Crippen LogP contribution in [0.5, 0.6) is 11.5 Å². The normalized spacial score (nSPS) is 22.1. The predicted molar refractivity (Wildman–Crippen MR) is 96.1 cm³/mol. The fourth-order valence-electron chi connectivity index (χ4n) is 3.62. The molecule has 138 valence electrons. The van der Waals surface area contributed by atoms with Crippen molar-refractivity contribution in [2.75, 3.05) is 13.2 Å². The molecule has 0 bridgehead atoms. The maximum Gasteiger partial charge on any atom is 0.220 e. The van der Waals surface area contributed by atoms with Crippen LogP contribution in [0.25, 0.3) is 0 Å². The number of amides is 1. The van der Waals surface area contributed by atoms with Gasteiger partial charge in [0.1, 0.15) is 13.2 Å². The topological polar surface area (TPSA) is 77.4 Å². The Bertz CT molecular complexity index is 789. The summed E-state index contributed by atoms with van der Waals surface area (Å²) >= 11 is 0. The highest BCUT2D eigenvalue weighted by molar-refractivity contribution is 5.77. The molecule has 2 N–H and O–H groups in total. The van der Waals surface area contributed by atoms with Crippen LogP contribution in [-0.2, 0) is 17.9 Å². The van der Waals surface area contributed by atoms with E-state index in [4.69, 9.17) is 9.47 Å². The number of piperidine rings is 1. The van der Waals surface area contributed by atoms with E-state index in [1.807, 2.05) is 28.9 Å². The average Bonchev–Trinajstić information content (AvgIpc) is 3.15. The molecule has 2 unspecified atom stereocenters. The molecule has 1 amide bonds. The Labute approximate surface area is 152 Å². The van der Waals surface area contributed by atoms with E-state index in [9.17, 15) is 4.79 Å². The smallest absolute Gasteiger partial charge is 0.220 e. The molecule has 2 atom stereocenters. The van der Waals surface area contributed by atoms with Crippen molar-refractivity contribution in [3.63, 3.8) is 0 Å². The Morgan fingerprint density at radius 1 is 1.27 bits per heavy atom. The number of rotatable bonds is 5. The zero-order valence-electron chi connectivity index (χ0n) is 14.9. The number of carbonyl (C=O) groups is 1. The van der Waals surface area contributed by atoms with Gasteiger partial charge >= 0.3 is 0 Å². The zero-order valence-corrected chi connectivity index (χ0v) is 14.9. The molecule has 7 heteroatoms. The van der Waals surface area contributed by atoms with E-state index in [0.29, 0.717) is 26.2 Å². The van der Waals surface area contributed by atoms with Gasteiger partial charge in [-0.2, -0.15) is 5.10 Å². The van der Waals surface area contributed by atoms with Gasteiger partial charge in [0.05, 0.1) is 11.7 Å². The minimum Gasteiger partial charge on any atom is -0.486 e. The monoisotopic (exact) mass is 356 g/mol. The summed E-state index contributed by atoms with van der Waals surface area (Å²) in [5.41, 5.74) is 2.18. The van der Waals surface area contributed by atoms with Crippen LogP contribution in [-0.4, -0.2) is 34.9 Å². The standard InChI is InChI=1S/C19H24N4O3/c1-2-23-15(7-8-21-23)19-14(4-6-18(24)22-19)20-12-13-3-5-16-17(11-13)26-10-9-25-16/h3,5,7-8,11,14,19-20H,2,4,6,9-10,12H2,1H3,(H,22,24). The summed E-state index contributed by atoms with van der Waals surface area (Å²) in [5, 5.41) is 11.1. The van der Waals surface area contributed by atoms with Gasteiger partial charge in [0.2, 0.25) is 5.91 Å².